The number of hydrogen-bond donors (Lipinski definition) is 1. The van der Waals surface area contributed by atoms with Gasteiger partial charge in [-0.15, -0.1) is 0 Å². The third-order valence-corrected chi connectivity index (χ3v) is 3.74. The quantitative estimate of drug-likeness (QED) is 0.863. The zero-order valence-electron chi connectivity index (χ0n) is 12.0. The number of piperazine rings is 1. The Labute approximate surface area is 119 Å². The molecule has 1 unspecified atom stereocenters. The normalized spacial score (nSPS) is 16.9. The summed E-state index contributed by atoms with van der Waals surface area (Å²) in [7, 11) is 0. The fourth-order valence-corrected chi connectivity index (χ4v) is 2.35. The predicted octanol–water partition coefficient (Wildman–Crippen LogP) is 0.686. The maximum atomic E-state index is 12.4. The zero-order valence-corrected chi connectivity index (χ0v) is 12.0. The van der Waals surface area contributed by atoms with Crippen LogP contribution < -0.4 is 5.73 Å². The van der Waals surface area contributed by atoms with E-state index < -0.39 is 6.04 Å². The lowest BCUT2D eigenvalue weighted by molar-refractivity contribution is -0.139. The second kappa shape index (κ2) is 6.05. The van der Waals surface area contributed by atoms with Crippen LogP contribution in [0.25, 0.3) is 0 Å². The van der Waals surface area contributed by atoms with Crippen LogP contribution in [0.15, 0.2) is 24.3 Å². The molecule has 1 atom stereocenters. The van der Waals surface area contributed by atoms with Crippen LogP contribution in [-0.2, 0) is 9.59 Å². The first-order valence-corrected chi connectivity index (χ1v) is 6.85. The molecule has 2 N–H and O–H groups in total. The van der Waals surface area contributed by atoms with Crippen molar-refractivity contribution in [3.63, 3.8) is 0 Å². The molecule has 1 aliphatic heterocycles. The summed E-state index contributed by atoms with van der Waals surface area (Å²) in [6.07, 6.45) is 0. The Hall–Kier alpha value is -1.88. The van der Waals surface area contributed by atoms with Gasteiger partial charge in [-0.2, -0.15) is 0 Å². The van der Waals surface area contributed by atoms with E-state index in [-0.39, 0.29) is 11.8 Å². The van der Waals surface area contributed by atoms with E-state index in [4.69, 9.17) is 5.73 Å². The van der Waals surface area contributed by atoms with Crippen molar-refractivity contribution >= 4 is 11.8 Å². The summed E-state index contributed by atoms with van der Waals surface area (Å²) < 4.78 is 0. The van der Waals surface area contributed by atoms with Crippen molar-refractivity contribution in [3.05, 3.63) is 35.4 Å². The van der Waals surface area contributed by atoms with Gasteiger partial charge < -0.3 is 15.5 Å². The lowest BCUT2D eigenvalue weighted by Gasteiger charge is -2.35. The highest BCUT2D eigenvalue weighted by Crippen LogP contribution is 2.15. The molecular formula is C15H21N3O2. The molecule has 2 amide bonds. The highest BCUT2D eigenvalue weighted by Gasteiger charge is 2.26. The molecule has 0 spiro atoms. The van der Waals surface area contributed by atoms with Gasteiger partial charge in [0, 0.05) is 33.1 Å². The minimum absolute atomic E-state index is 0.0555. The molecule has 2 rings (SSSR count). The Morgan fingerprint density at radius 3 is 2.05 bits per heavy atom. The van der Waals surface area contributed by atoms with E-state index in [1.807, 2.05) is 31.2 Å². The van der Waals surface area contributed by atoms with Crippen LogP contribution in [-0.4, -0.2) is 47.8 Å². The van der Waals surface area contributed by atoms with Crippen molar-refractivity contribution in [3.8, 4) is 0 Å². The summed E-state index contributed by atoms with van der Waals surface area (Å²) in [5.74, 6) is -0.0167. The van der Waals surface area contributed by atoms with Crippen molar-refractivity contribution in [1.82, 2.24) is 9.80 Å². The number of benzene rings is 1. The van der Waals surface area contributed by atoms with Crippen molar-refractivity contribution in [1.29, 1.82) is 0 Å². The summed E-state index contributed by atoms with van der Waals surface area (Å²) in [6, 6.07) is 7.07. The van der Waals surface area contributed by atoms with Crippen LogP contribution in [0.5, 0.6) is 0 Å². The van der Waals surface area contributed by atoms with Crippen LogP contribution in [0.4, 0.5) is 0 Å². The van der Waals surface area contributed by atoms with Gasteiger partial charge in [0.1, 0.15) is 6.04 Å². The van der Waals surface area contributed by atoms with Gasteiger partial charge in [0.25, 0.3) is 0 Å². The number of carbonyl (C=O) groups is 2. The number of aryl methyl sites for hydroxylation is 1. The Kier molecular flexibility index (Phi) is 4.39. The second-order valence-electron chi connectivity index (χ2n) is 5.22. The van der Waals surface area contributed by atoms with Crippen molar-refractivity contribution in [2.45, 2.75) is 19.9 Å². The molecule has 1 aromatic rings. The van der Waals surface area contributed by atoms with Gasteiger partial charge in [0.15, 0.2) is 0 Å². The molecule has 5 heteroatoms. The number of nitrogens with zero attached hydrogens (tertiary/aromatic N) is 2. The van der Waals surface area contributed by atoms with Gasteiger partial charge in [-0.3, -0.25) is 9.59 Å². The Morgan fingerprint density at radius 2 is 1.55 bits per heavy atom. The fourth-order valence-electron chi connectivity index (χ4n) is 2.35. The second-order valence-corrected chi connectivity index (χ2v) is 5.22. The van der Waals surface area contributed by atoms with E-state index in [1.165, 1.54) is 0 Å². The third-order valence-electron chi connectivity index (χ3n) is 3.74. The molecule has 1 aliphatic rings. The molecule has 1 saturated heterocycles. The molecule has 0 radical (unpaired) electrons. The lowest BCUT2D eigenvalue weighted by atomic mass is 10.0. The highest BCUT2D eigenvalue weighted by molar-refractivity contribution is 5.83. The molecular weight excluding hydrogens is 254 g/mol. The first-order valence-electron chi connectivity index (χ1n) is 6.85. The van der Waals surface area contributed by atoms with Gasteiger partial charge in [-0.25, -0.2) is 0 Å². The van der Waals surface area contributed by atoms with Gasteiger partial charge in [0.2, 0.25) is 11.8 Å². The molecule has 0 aliphatic carbocycles. The molecule has 1 fully saturated rings. The molecule has 5 nitrogen and oxygen atoms in total. The maximum absolute atomic E-state index is 12.4. The number of hydrogen-bond acceptors (Lipinski definition) is 3. The van der Waals surface area contributed by atoms with Gasteiger partial charge in [-0.05, 0) is 12.5 Å². The zero-order chi connectivity index (χ0) is 14.7. The van der Waals surface area contributed by atoms with Crippen LogP contribution in [0, 0.1) is 6.92 Å². The van der Waals surface area contributed by atoms with Crippen molar-refractivity contribution in [2.24, 2.45) is 5.73 Å². The van der Waals surface area contributed by atoms with E-state index in [2.05, 4.69) is 0 Å². The van der Waals surface area contributed by atoms with Gasteiger partial charge >= 0.3 is 0 Å². The Bertz CT molecular complexity index is 490. The van der Waals surface area contributed by atoms with Crippen molar-refractivity contribution < 1.29 is 9.59 Å². The summed E-state index contributed by atoms with van der Waals surface area (Å²) in [4.78, 5) is 27.1. The molecule has 0 bridgehead atoms. The third kappa shape index (κ3) is 3.17. The number of rotatable bonds is 2. The maximum Gasteiger partial charge on any atom is 0.244 e. The van der Waals surface area contributed by atoms with Crippen molar-refractivity contribution in [2.75, 3.05) is 26.2 Å². The average Bonchev–Trinajstić information content (AvgIpc) is 2.46. The van der Waals surface area contributed by atoms with E-state index in [9.17, 15) is 9.59 Å². The topological polar surface area (TPSA) is 66.6 Å². The monoisotopic (exact) mass is 275 g/mol. The number of nitrogens with two attached hydrogens (primary N) is 1. The predicted molar refractivity (Wildman–Crippen MR) is 76.9 cm³/mol. The summed E-state index contributed by atoms with van der Waals surface area (Å²) in [5, 5.41) is 0. The van der Waals surface area contributed by atoms with Crippen LogP contribution in [0.1, 0.15) is 24.1 Å². The van der Waals surface area contributed by atoms with Crippen LogP contribution in [0.3, 0.4) is 0 Å². The van der Waals surface area contributed by atoms with E-state index in [1.54, 1.807) is 16.7 Å². The fraction of sp³-hybridized carbons (Fsp3) is 0.467. The summed E-state index contributed by atoms with van der Waals surface area (Å²) in [6.45, 7) is 5.83. The lowest BCUT2D eigenvalue weighted by Crippen LogP contribution is -2.52. The number of carbonyl (C=O) groups excluding carboxylic acids is 2. The molecule has 1 aromatic carbocycles. The number of amides is 2. The first-order chi connectivity index (χ1) is 9.49. The Balaban J connectivity index is 1.98. The van der Waals surface area contributed by atoms with Gasteiger partial charge in [0.05, 0.1) is 0 Å². The first kappa shape index (κ1) is 14.5. The van der Waals surface area contributed by atoms with E-state index >= 15 is 0 Å². The molecule has 0 aromatic heterocycles. The highest BCUT2D eigenvalue weighted by atomic mass is 16.2. The molecule has 20 heavy (non-hydrogen) atoms. The molecule has 0 saturated carbocycles. The standard InChI is InChI=1S/C15H21N3O2/c1-11-3-5-13(6-4-11)14(16)15(20)18-9-7-17(8-10-18)12(2)19/h3-6,14H,7-10,16H2,1-2H3. The molecule has 1 heterocycles. The molecule has 108 valence electrons. The SMILES string of the molecule is CC(=O)N1CCN(C(=O)C(N)c2ccc(C)cc2)CC1. The largest absolute Gasteiger partial charge is 0.339 e. The van der Waals surface area contributed by atoms with Crippen LogP contribution in [0.2, 0.25) is 0 Å². The summed E-state index contributed by atoms with van der Waals surface area (Å²) >= 11 is 0. The summed E-state index contributed by atoms with van der Waals surface area (Å²) in [5.41, 5.74) is 8.01. The van der Waals surface area contributed by atoms with Crippen LogP contribution >= 0.6 is 0 Å². The smallest absolute Gasteiger partial charge is 0.244 e. The minimum Gasteiger partial charge on any atom is -0.339 e. The van der Waals surface area contributed by atoms with E-state index in [0.717, 1.165) is 11.1 Å². The average molecular weight is 275 g/mol. The minimum atomic E-state index is -0.625. The van der Waals surface area contributed by atoms with E-state index in [0.29, 0.717) is 26.2 Å². The van der Waals surface area contributed by atoms with Gasteiger partial charge in [-0.1, -0.05) is 29.8 Å². The Morgan fingerprint density at radius 1 is 1.05 bits per heavy atom.